The van der Waals surface area contributed by atoms with Crippen LogP contribution in [-0.2, 0) is 4.79 Å². The van der Waals surface area contributed by atoms with Crippen molar-refractivity contribution in [3.8, 4) is 5.75 Å². The number of H-pyrrole nitrogens is 1. The van der Waals surface area contributed by atoms with Crippen LogP contribution in [0.15, 0.2) is 39.3 Å². The Labute approximate surface area is 133 Å². The van der Waals surface area contributed by atoms with Crippen LogP contribution in [-0.4, -0.2) is 40.2 Å². The maximum absolute atomic E-state index is 11.6. The number of aromatic nitrogens is 3. The lowest BCUT2D eigenvalue weighted by Crippen LogP contribution is -2.19. The molecule has 2 N–H and O–H groups in total. The van der Waals surface area contributed by atoms with Crippen LogP contribution in [0.1, 0.15) is 5.56 Å². The fourth-order valence-corrected chi connectivity index (χ4v) is 2.50. The summed E-state index contributed by atoms with van der Waals surface area (Å²) in [6, 6.07) is 5.49. The minimum atomic E-state index is -0.222. The second kappa shape index (κ2) is 7.79. The number of hydrogen-bond acceptors (Lipinski definition) is 6. The second-order valence-electron chi connectivity index (χ2n) is 3.77. The third-order valence-corrected chi connectivity index (χ3v) is 3.81. The Hall–Kier alpha value is -1.87. The van der Waals surface area contributed by atoms with Crippen molar-refractivity contribution in [1.82, 2.24) is 20.6 Å². The van der Waals surface area contributed by atoms with Crippen LogP contribution in [0, 0.1) is 0 Å². The largest absolute Gasteiger partial charge is 0.496 e. The number of carbonyl (C=O) groups is 1. The summed E-state index contributed by atoms with van der Waals surface area (Å²) >= 11 is 4.63. The molecule has 2 rings (SSSR count). The SMILES string of the molecule is COc1ccc(/C=N/NC(=O)CSc2ncn[nH]2)cc1Br. The van der Waals surface area contributed by atoms with Gasteiger partial charge in [0.1, 0.15) is 12.1 Å². The van der Waals surface area contributed by atoms with E-state index in [1.54, 1.807) is 13.3 Å². The molecular formula is C12H12BrN5O2S. The zero-order valence-corrected chi connectivity index (χ0v) is 13.4. The molecule has 21 heavy (non-hydrogen) atoms. The average Bonchev–Trinajstić information content (AvgIpc) is 2.99. The molecule has 9 heteroatoms. The molecule has 110 valence electrons. The number of carbonyl (C=O) groups excluding carboxylic acids is 1. The van der Waals surface area contributed by atoms with Crippen molar-refractivity contribution in [3.05, 3.63) is 34.6 Å². The van der Waals surface area contributed by atoms with E-state index in [9.17, 15) is 4.79 Å². The third kappa shape index (κ3) is 4.87. The van der Waals surface area contributed by atoms with Gasteiger partial charge in [0.25, 0.3) is 5.91 Å². The normalized spacial score (nSPS) is 10.8. The monoisotopic (exact) mass is 369 g/mol. The number of nitrogens with one attached hydrogen (secondary N) is 2. The van der Waals surface area contributed by atoms with Crippen LogP contribution in [0.2, 0.25) is 0 Å². The van der Waals surface area contributed by atoms with Gasteiger partial charge in [-0.25, -0.2) is 10.4 Å². The van der Waals surface area contributed by atoms with Gasteiger partial charge in [-0.15, -0.1) is 0 Å². The molecule has 0 spiro atoms. The Balaban J connectivity index is 1.81. The molecule has 0 unspecified atom stereocenters. The van der Waals surface area contributed by atoms with Crippen LogP contribution >= 0.6 is 27.7 Å². The van der Waals surface area contributed by atoms with Gasteiger partial charge in [-0.3, -0.25) is 9.89 Å². The summed E-state index contributed by atoms with van der Waals surface area (Å²) in [5.41, 5.74) is 3.28. The summed E-state index contributed by atoms with van der Waals surface area (Å²) in [5, 5.41) is 10.8. The van der Waals surface area contributed by atoms with Crippen molar-refractivity contribution in [2.45, 2.75) is 5.16 Å². The lowest BCUT2D eigenvalue weighted by atomic mass is 10.2. The van der Waals surface area contributed by atoms with E-state index in [4.69, 9.17) is 4.74 Å². The van der Waals surface area contributed by atoms with E-state index in [0.29, 0.717) is 5.16 Å². The molecule has 1 aromatic carbocycles. The predicted molar refractivity (Wildman–Crippen MR) is 83.5 cm³/mol. The van der Waals surface area contributed by atoms with Gasteiger partial charge in [0.05, 0.1) is 23.5 Å². The van der Waals surface area contributed by atoms with E-state index in [2.05, 4.69) is 41.6 Å². The zero-order valence-electron chi connectivity index (χ0n) is 11.0. The predicted octanol–water partition coefficient (Wildman–Crippen LogP) is 1.82. The first-order valence-electron chi connectivity index (χ1n) is 5.82. The van der Waals surface area contributed by atoms with Gasteiger partial charge in [0.15, 0.2) is 5.16 Å². The van der Waals surface area contributed by atoms with E-state index in [-0.39, 0.29) is 11.7 Å². The van der Waals surface area contributed by atoms with Crippen LogP contribution in [0.3, 0.4) is 0 Å². The van der Waals surface area contributed by atoms with Crippen LogP contribution < -0.4 is 10.2 Å². The summed E-state index contributed by atoms with van der Waals surface area (Å²) in [7, 11) is 1.60. The van der Waals surface area contributed by atoms with Crippen LogP contribution in [0.5, 0.6) is 5.75 Å². The molecule has 0 radical (unpaired) electrons. The molecule has 0 saturated heterocycles. The van der Waals surface area contributed by atoms with Gasteiger partial charge < -0.3 is 4.74 Å². The third-order valence-electron chi connectivity index (χ3n) is 2.31. The number of nitrogens with zero attached hydrogens (tertiary/aromatic N) is 3. The summed E-state index contributed by atoms with van der Waals surface area (Å²) in [6.45, 7) is 0. The van der Waals surface area contributed by atoms with E-state index in [1.165, 1.54) is 18.1 Å². The van der Waals surface area contributed by atoms with E-state index >= 15 is 0 Å². The maximum atomic E-state index is 11.6. The number of rotatable bonds is 6. The van der Waals surface area contributed by atoms with Gasteiger partial charge in [-0.05, 0) is 39.7 Å². The number of amides is 1. The fourth-order valence-electron chi connectivity index (χ4n) is 1.37. The number of aromatic amines is 1. The highest BCUT2D eigenvalue weighted by atomic mass is 79.9. The quantitative estimate of drug-likeness (QED) is 0.460. The summed E-state index contributed by atoms with van der Waals surface area (Å²) < 4.78 is 5.95. The number of hydrazone groups is 1. The smallest absolute Gasteiger partial charge is 0.250 e. The van der Waals surface area contributed by atoms with Gasteiger partial charge in [0, 0.05) is 0 Å². The van der Waals surface area contributed by atoms with Crippen LogP contribution in [0.4, 0.5) is 0 Å². The molecule has 0 aliphatic heterocycles. The first-order chi connectivity index (χ1) is 10.2. The molecule has 0 aliphatic rings. The number of ether oxygens (including phenoxy) is 1. The highest BCUT2D eigenvalue weighted by Crippen LogP contribution is 2.24. The Morgan fingerprint density at radius 1 is 1.62 bits per heavy atom. The summed E-state index contributed by atoms with van der Waals surface area (Å²) in [4.78, 5) is 15.5. The van der Waals surface area contributed by atoms with Gasteiger partial charge in [0.2, 0.25) is 0 Å². The lowest BCUT2D eigenvalue weighted by molar-refractivity contribution is -0.118. The van der Waals surface area contributed by atoms with Crippen molar-refractivity contribution in [2.24, 2.45) is 5.10 Å². The average molecular weight is 370 g/mol. The number of benzene rings is 1. The Bertz CT molecular complexity index is 633. The minimum Gasteiger partial charge on any atom is -0.496 e. The number of methoxy groups -OCH3 is 1. The molecule has 1 aromatic heterocycles. The number of thioether (sulfide) groups is 1. The summed E-state index contributed by atoms with van der Waals surface area (Å²) in [6.07, 6.45) is 2.95. The fraction of sp³-hybridized carbons (Fsp3) is 0.167. The van der Waals surface area contributed by atoms with Crippen molar-refractivity contribution in [2.75, 3.05) is 12.9 Å². The zero-order chi connectivity index (χ0) is 15.1. The molecule has 1 heterocycles. The van der Waals surface area contributed by atoms with Gasteiger partial charge in [-0.2, -0.15) is 10.2 Å². The minimum absolute atomic E-state index is 0.207. The Morgan fingerprint density at radius 2 is 2.48 bits per heavy atom. The van der Waals surface area contributed by atoms with Gasteiger partial charge >= 0.3 is 0 Å². The Kier molecular flexibility index (Phi) is 5.76. The van der Waals surface area contributed by atoms with Crippen molar-refractivity contribution in [3.63, 3.8) is 0 Å². The molecular weight excluding hydrogens is 358 g/mol. The van der Waals surface area contributed by atoms with E-state index in [0.717, 1.165) is 15.8 Å². The van der Waals surface area contributed by atoms with Crippen molar-refractivity contribution in [1.29, 1.82) is 0 Å². The first kappa shape index (κ1) is 15.5. The number of hydrogen-bond donors (Lipinski definition) is 2. The topological polar surface area (TPSA) is 92.3 Å². The standard InChI is InChI=1S/C12H12BrN5O2S/c1-20-10-3-2-8(4-9(10)13)5-15-17-11(19)6-21-12-14-7-16-18-12/h2-5,7H,6H2,1H3,(H,17,19)(H,14,16,18)/b15-5+. The molecule has 1 amide bonds. The molecule has 7 nitrogen and oxygen atoms in total. The van der Waals surface area contributed by atoms with Crippen molar-refractivity contribution >= 4 is 39.8 Å². The number of halogens is 1. The highest BCUT2D eigenvalue weighted by molar-refractivity contribution is 9.10. The van der Waals surface area contributed by atoms with E-state index in [1.807, 2.05) is 18.2 Å². The molecule has 0 fully saturated rings. The lowest BCUT2D eigenvalue weighted by Gasteiger charge is -2.03. The molecule has 0 bridgehead atoms. The van der Waals surface area contributed by atoms with Crippen LogP contribution in [0.25, 0.3) is 0 Å². The molecule has 0 atom stereocenters. The first-order valence-corrected chi connectivity index (χ1v) is 7.60. The Morgan fingerprint density at radius 3 is 3.14 bits per heavy atom. The summed E-state index contributed by atoms with van der Waals surface area (Å²) in [5.74, 6) is 0.721. The van der Waals surface area contributed by atoms with E-state index < -0.39 is 0 Å². The molecule has 2 aromatic rings. The van der Waals surface area contributed by atoms with Crippen molar-refractivity contribution < 1.29 is 9.53 Å². The maximum Gasteiger partial charge on any atom is 0.250 e. The molecule has 0 saturated carbocycles. The highest BCUT2D eigenvalue weighted by Gasteiger charge is 2.03. The second-order valence-corrected chi connectivity index (χ2v) is 5.58. The van der Waals surface area contributed by atoms with Gasteiger partial charge in [-0.1, -0.05) is 11.8 Å². The molecule has 0 aliphatic carbocycles.